The summed E-state index contributed by atoms with van der Waals surface area (Å²) in [5, 5.41) is 72.2. The topological polar surface area (TPSA) is 232 Å². The van der Waals surface area contributed by atoms with E-state index in [1.165, 1.54) is 10.9 Å². The van der Waals surface area contributed by atoms with Gasteiger partial charge in [-0.25, -0.2) is 9.97 Å². The molecule has 0 aromatic carbocycles. The number of carbonyl (C=O) groups is 1. The first-order chi connectivity index (χ1) is 13.8. The molecule has 0 aliphatic carbocycles. The normalized spacial score (nSPS) is 27.1. The van der Waals surface area contributed by atoms with Crippen LogP contribution in [0.1, 0.15) is 6.23 Å². The lowest BCUT2D eigenvalue weighted by molar-refractivity contribution is -0.127. The summed E-state index contributed by atoms with van der Waals surface area (Å²) < 4.78 is 6.73. The highest BCUT2D eigenvalue weighted by atomic mass is 16.6. The maximum absolute atomic E-state index is 9.92. The molecule has 0 bridgehead atoms. The molecule has 0 amide bonds. The SMILES string of the molecule is O=CC(O)C(O)C(O)CO.OC[C@H]1O[C@@H](n2cnc3c(O)ncnc32)[C@H](O)[C@@H]1O. The van der Waals surface area contributed by atoms with Crippen molar-refractivity contribution < 1.29 is 50.4 Å². The lowest BCUT2D eigenvalue weighted by Gasteiger charge is -2.16. The number of aromatic nitrogens is 4. The van der Waals surface area contributed by atoms with Crippen LogP contribution in [0, 0.1) is 0 Å². The van der Waals surface area contributed by atoms with Gasteiger partial charge >= 0.3 is 0 Å². The van der Waals surface area contributed by atoms with Gasteiger partial charge in [0.2, 0.25) is 5.88 Å². The Labute approximate surface area is 162 Å². The molecule has 0 spiro atoms. The van der Waals surface area contributed by atoms with Crippen LogP contribution in [0.4, 0.5) is 0 Å². The minimum Gasteiger partial charge on any atom is -0.492 e. The number of fused-ring (bicyclic) bond motifs is 1. The number of aldehydes is 1. The highest BCUT2D eigenvalue weighted by Gasteiger charge is 2.44. The van der Waals surface area contributed by atoms with Crippen LogP contribution >= 0.6 is 0 Å². The summed E-state index contributed by atoms with van der Waals surface area (Å²) in [5.74, 6) is -0.282. The molecule has 3 heterocycles. The van der Waals surface area contributed by atoms with Gasteiger partial charge in [0.1, 0.15) is 43.0 Å². The third-order valence-electron chi connectivity index (χ3n) is 4.20. The summed E-state index contributed by atoms with van der Waals surface area (Å²) in [4.78, 5) is 21.2. The summed E-state index contributed by atoms with van der Waals surface area (Å²) in [6.45, 7) is -1.10. The van der Waals surface area contributed by atoms with Crippen LogP contribution in [-0.4, -0.2) is 116 Å². The molecule has 2 aromatic rings. The minimum absolute atomic E-state index is 0.0869. The Morgan fingerprint density at radius 3 is 2.38 bits per heavy atom. The standard InChI is InChI=1S/C10H12N4O5.C5H10O5/c15-1-4-6(16)7(17)10(19-4)14-3-13-5-8(14)11-2-12-9(5)18;6-1-3(8)5(10)4(9)2-7/h2-4,6-7,10,15-17H,1H2,(H,11,12,18);1,3-5,7-10H,2H2/t4-,6-,7-,10-;/m1./s1. The third-order valence-corrected chi connectivity index (χ3v) is 4.20. The van der Waals surface area contributed by atoms with E-state index in [0.29, 0.717) is 0 Å². The quantitative estimate of drug-likeness (QED) is 0.207. The summed E-state index contributed by atoms with van der Waals surface area (Å²) in [6.07, 6.45) is -6.42. The van der Waals surface area contributed by atoms with Crippen LogP contribution in [-0.2, 0) is 9.53 Å². The second kappa shape index (κ2) is 9.95. The molecule has 3 unspecified atom stereocenters. The van der Waals surface area contributed by atoms with Gasteiger partial charge in [-0.05, 0) is 0 Å². The van der Waals surface area contributed by atoms with E-state index in [-0.39, 0.29) is 23.3 Å². The van der Waals surface area contributed by atoms with Crippen molar-refractivity contribution in [3.63, 3.8) is 0 Å². The second-order valence-electron chi connectivity index (χ2n) is 6.12. The van der Waals surface area contributed by atoms with Gasteiger partial charge in [-0.15, -0.1) is 0 Å². The summed E-state index contributed by atoms with van der Waals surface area (Å²) in [5.41, 5.74) is 0.433. The lowest BCUT2D eigenvalue weighted by atomic mass is 10.1. The molecule has 0 saturated carbocycles. The van der Waals surface area contributed by atoms with Crippen molar-refractivity contribution in [3.05, 3.63) is 12.7 Å². The summed E-state index contributed by atoms with van der Waals surface area (Å²) in [6, 6.07) is 0. The molecule has 7 atom stereocenters. The van der Waals surface area contributed by atoms with E-state index in [1.54, 1.807) is 0 Å². The predicted octanol–water partition coefficient (Wildman–Crippen LogP) is -4.60. The maximum atomic E-state index is 9.92. The predicted molar refractivity (Wildman–Crippen MR) is 91.2 cm³/mol. The van der Waals surface area contributed by atoms with E-state index >= 15 is 0 Å². The number of carbonyl (C=O) groups excluding carboxylic acids is 1. The first-order valence-corrected chi connectivity index (χ1v) is 8.36. The highest BCUT2D eigenvalue weighted by molar-refractivity contribution is 5.75. The van der Waals surface area contributed by atoms with Crippen molar-refractivity contribution in [2.75, 3.05) is 13.2 Å². The van der Waals surface area contributed by atoms with E-state index < -0.39 is 56.1 Å². The average Bonchev–Trinajstić information content (AvgIpc) is 3.28. The van der Waals surface area contributed by atoms with E-state index in [9.17, 15) is 20.1 Å². The molecule has 3 rings (SSSR count). The zero-order valence-electron chi connectivity index (χ0n) is 14.9. The first-order valence-electron chi connectivity index (χ1n) is 8.36. The molecule has 1 fully saturated rings. The van der Waals surface area contributed by atoms with Crippen LogP contribution in [0.25, 0.3) is 11.2 Å². The van der Waals surface area contributed by atoms with Crippen molar-refractivity contribution in [1.82, 2.24) is 19.5 Å². The number of hydrogen-bond donors (Lipinski definition) is 8. The second-order valence-corrected chi connectivity index (χ2v) is 6.12. The Kier molecular flexibility index (Phi) is 7.88. The number of aliphatic hydroxyl groups is 7. The summed E-state index contributed by atoms with van der Waals surface area (Å²) in [7, 11) is 0. The van der Waals surface area contributed by atoms with Crippen LogP contribution in [0.3, 0.4) is 0 Å². The monoisotopic (exact) mass is 418 g/mol. The van der Waals surface area contributed by atoms with Gasteiger partial charge < -0.3 is 50.4 Å². The van der Waals surface area contributed by atoms with E-state index in [0.717, 1.165) is 6.33 Å². The Balaban J connectivity index is 0.000000257. The molecule has 2 aromatic heterocycles. The molecule has 0 radical (unpaired) electrons. The van der Waals surface area contributed by atoms with Gasteiger partial charge in [0.25, 0.3) is 0 Å². The van der Waals surface area contributed by atoms with Crippen molar-refractivity contribution in [2.45, 2.75) is 42.9 Å². The Morgan fingerprint density at radius 1 is 1.14 bits per heavy atom. The Morgan fingerprint density at radius 2 is 1.83 bits per heavy atom. The Hall–Kier alpha value is -2.30. The van der Waals surface area contributed by atoms with Crippen molar-refractivity contribution in [2.24, 2.45) is 0 Å². The van der Waals surface area contributed by atoms with E-state index in [2.05, 4.69) is 15.0 Å². The Bertz CT molecular complexity index is 804. The largest absolute Gasteiger partial charge is 0.492 e. The minimum atomic E-state index is -1.64. The fraction of sp³-hybridized carbons (Fsp3) is 0.600. The van der Waals surface area contributed by atoms with Gasteiger partial charge in [-0.2, -0.15) is 4.98 Å². The number of hydrogen-bond acceptors (Lipinski definition) is 13. The van der Waals surface area contributed by atoms with Crippen molar-refractivity contribution >= 4 is 17.5 Å². The number of rotatable bonds is 6. The molecule has 162 valence electrons. The average molecular weight is 418 g/mol. The molecule has 1 saturated heterocycles. The van der Waals surface area contributed by atoms with Crippen molar-refractivity contribution in [3.8, 4) is 5.88 Å². The number of imidazole rings is 1. The molecule has 14 nitrogen and oxygen atoms in total. The maximum Gasteiger partial charge on any atom is 0.242 e. The van der Waals surface area contributed by atoms with Gasteiger partial charge in [0.05, 0.1) is 19.5 Å². The molecule has 1 aliphatic rings. The molecule has 8 N–H and O–H groups in total. The fourth-order valence-corrected chi connectivity index (χ4v) is 2.55. The fourth-order valence-electron chi connectivity index (χ4n) is 2.55. The van der Waals surface area contributed by atoms with Crippen LogP contribution in [0.2, 0.25) is 0 Å². The lowest BCUT2D eigenvalue weighted by Crippen LogP contribution is -2.40. The van der Waals surface area contributed by atoms with Gasteiger partial charge in [-0.1, -0.05) is 0 Å². The number of aromatic hydroxyl groups is 1. The van der Waals surface area contributed by atoms with Gasteiger partial charge in [0, 0.05) is 0 Å². The molecular formula is C15H22N4O10. The van der Waals surface area contributed by atoms with Crippen LogP contribution in [0.15, 0.2) is 12.7 Å². The zero-order valence-corrected chi connectivity index (χ0v) is 14.9. The van der Waals surface area contributed by atoms with E-state index in [1.807, 2.05) is 0 Å². The highest BCUT2D eigenvalue weighted by Crippen LogP contribution is 2.32. The summed E-state index contributed by atoms with van der Waals surface area (Å²) >= 11 is 0. The smallest absolute Gasteiger partial charge is 0.242 e. The van der Waals surface area contributed by atoms with E-state index in [4.69, 9.17) is 30.3 Å². The van der Waals surface area contributed by atoms with Gasteiger partial charge in [-0.3, -0.25) is 4.57 Å². The zero-order chi connectivity index (χ0) is 21.7. The third kappa shape index (κ3) is 4.82. The molecule has 1 aliphatic heterocycles. The van der Waals surface area contributed by atoms with Gasteiger partial charge in [0.15, 0.2) is 23.7 Å². The molecule has 14 heteroatoms. The van der Waals surface area contributed by atoms with Crippen molar-refractivity contribution in [1.29, 1.82) is 0 Å². The molecular weight excluding hydrogens is 396 g/mol. The number of aliphatic hydroxyl groups excluding tert-OH is 7. The number of ether oxygens (including phenoxy) is 1. The van der Waals surface area contributed by atoms with Crippen LogP contribution < -0.4 is 0 Å². The van der Waals surface area contributed by atoms with Crippen LogP contribution in [0.5, 0.6) is 5.88 Å². The number of nitrogens with zero attached hydrogens (tertiary/aromatic N) is 4. The molecule has 29 heavy (non-hydrogen) atoms. The first kappa shape index (κ1) is 23.0.